The van der Waals surface area contributed by atoms with Crippen LogP contribution < -0.4 is 10.6 Å². The molecule has 18 heavy (non-hydrogen) atoms. The Kier molecular flexibility index (Phi) is 7.01. The highest BCUT2D eigenvalue weighted by atomic mass is 35.5. The van der Waals surface area contributed by atoms with E-state index in [9.17, 15) is 0 Å². The van der Waals surface area contributed by atoms with Crippen molar-refractivity contribution >= 4 is 34.6 Å². The number of benzene rings is 1. The third-order valence-electron chi connectivity index (χ3n) is 2.33. The lowest BCUT2D eigenvalue weighted by Crippen LogP contribution is -2.29. The summed E-state index contributed by atoms with van der Waals surface area (Å²) in [6, 6.07) is 5.82. The fourth-order valence-electron chi connectivity index (χ4n) is 1.41. The van der Waals surface area contributed by atoms with Crippen molar-refractivity contribution in [2.24, 2.45) is 0 Å². The molecule has 0 saturated heterocycles. The first-order valence-corrected chi connectivity index (χ1v) is 6.81. The average Bonchev–Trinajstić information content (AvgIpc) is 2.32. The van der Waals surface area contributed by atoms with Gasteiger partial charge in [0.15, 0.2) is 5.11 Å². The van der Waals surface area contributed by atoms with Gasteiger partial charge in [0.05, 0.1) is 10.7 Å². The Hall–Kier alpha value is -0.840. The quantitative estimate of drug-likeness (QED) is 0.621. The van der Waals surface area contributed by atoms with E-state index in [4.69, 9.17) is 28.6 Å². The number of rotatable bonds is 6. The van der Waals surface area contributed by atoms with Crippen LogP contribution in [0.25, 0.3) is 0 Å². The molecule has 0 aliphatic heterocycles. The molecule has 0 fully saturated rings. The molecule has 0 unspecified atom stereocenters. The van der Waals surface area contributed by atoms with Gasteiger partial charge in [-0.15, -0.1) is 0 Å². The second-order valence-corrected chi connectivity index (χ2v) is 4.73. The predicted molar refractivity (Wildman–Crippen MR) is 81.5 cm³/mol. The van der Waals surface area contributed by atoms with Gasteiger partial charge in [-0.2, -0.15) is 0 Å². The predicted octanol–water partition coefficient (Wildman–Crippen LogP) is 3.36. The summed E-state index contributed by atoms with van der Waals surface area (Å²) in [5.74, 6) is 0. The Bertz CT molecular complexity index is 399. The molecule has 100 valence electrons. The van der Waals surface area contributed by atoms with Crippen molar-refractivity contribution in [1.82, 2.24) is 5.32 Å². The number of halogens is 1. The van der Waals surface area contributed by atoms with Gasteiger partial charge >= 0.3 is 0 Å². The number of thiocarbonyl (C=S) groups is 1. The number of aryl methyl sites for hydroxylation is 1. The molecule has 0 bridgehead atoms. The van der Waals surface area contributed by atoms with Crippen molar-refractivity contribution in [3.05, 3.63) is 28.8 Å². The zero-order valence-corrected chi connectivity index (χ0v) is 12.3. The van der Waals surface area contributed by atoms with Crippen molar-refractivity contribution < 1.29 is 4.74 Å². The molecular formula is C13H19ClN2OS. The molecule has 0 aliphatic rings. The maximum absolute atomic E-state index is 6.11. The molecular weight excluding hydrogens is 268 g/mol. The summed E-state index contributed by atoms with van der Waals surface area (Å²) in [5.41, 5.74) is 1.95. The monoisotopic (exact) mass is 286 g/mol. The normalized spacial score (nSPS) is 10.2. The van der Waals surface area contributed by atoms with E-state index in [1.54, 1.807) is 0 Å². The Morgan fingerprint density at radius 2 is 2.22 bits per heavy atom. The van der Waals surface area contributed by atoms with Crippen molar-refractivity contribution in [1.29, 1.82) is 0 Å². The highest BCUT2D eigenvalue weighted by molar-refractivity contribution is 7.80. The van der Waals surface area contributed by atoms with Crippen molar-refractivity contribution in [3.63, 3.8) is 0 Å². The third kappa shape index (κ3) is 5.67. The molecule has 0 atom stereocenters. The SMILES string of the molecule is CCOCCCNC(=S)Nc1ccc(C)cc1Cl. The van der Waals surface area contributed by atoms with E-state index < -0.39 is 0 Å². The van der Waals surface area contributed by atoms with Gasteiger partial charge < -0.3 is 15.4 Å². The third-order valence-corrected chi connectivity index (χ3v) is 2.89. The van der Waals surface area contributed by atoms with Crippen LogP contribution in [0.2, 0.25) is 5.02 Å². The highest BCUT2D eigenvalue weighted by Crippen LogP contribution is 2.22. The molecule has 1 rings (SSSR count). The number of hydrogen-bond donors (Lipinski definition) is 2. The topological polar surface area (TPSA) is 33.3 Å². The van der Waals surface area contributed by atoms with Crippen molar-refractivity contribution in [2.45, 2.75) is 20.3 Å². The Morgan fingerprint density at radius 1 is 1.44 bits per heavy atom. The molecule has 2 N–H and O–H groups in total. The molecule has 1 aromatic rings. The maximum Gasteiger partial charge on any atom is 0.170 e. The van der Waals surface area contributed by atoms with Crippen LogP contribution in [0.3, 0.4) is 0 Å². The Balaban J connectivity index is 2.31. The van der Waals surface area contributed by atoms with Crippen LogP contribution in [0.4, 0.5) is 5.69 Å². The first kappa shape index (κ1) is 15.2. The van der Waals surface area contributed by atoms with E-state index >= 15 is 0 Å². The molecule has 0 heterocycles. The maximum atomic E-state index is 6.11. The van der Waals surface area contributed by atoms with Gasteiger partial charge in [0.25, 0.3) is 0 Å². The molecule has 0 aromatic heterocycles. The molecule has 0 aliphatic carbocycles. The lowest BCUT2D eigenvalue weighted by Gasteiger charge is -2.12. The summed E-state index contributed by atoms with van der Waals surface area (Å²) < 4.78 is 5.24. The van der Waals surface area contributed by atoms with Gasteiger partial charge in [-0.3, -0.25) is 0 Å². The van der Waals surface area contributed by atoms with Crippen molar-refractivity contribution in [2.75, 3.05) is 25.1 Å². The van der Waals surface area contributed by atoms with Crippen LogP contribution in [-0.2, 0) is 4.74 Å². The van der Waals surface area contributed by atoms with Crippen LogP contribution in [-0.4, -0.2) is 24.9 Å². The summed E-state index contributed by atoms with van der Waals surface area (Å²) in [4.78, 5) is 0. The fraction of sp³-hybridized carbons (Fsp3) is 0.462. The minimum Gasteiger partial charge on any atom is -0.382 e. The molecule has 1 aromatic carbocycles. The second kappa shape index (κ2) is 8.29. The number of nitrogens with one attached hydrogen (secondary N) is 2. The Labute approximate surface area is 119 Å². The van der Waals surface area contributed by atoms with E-state index in [0.29, 0.717) is 10.1 Å². The first-order chi connectivity index (χ1) is 8.63. The summed E-state index contributed by atoms with van der Waals surface area (Å²) in [6.07, 6.45) is 0.928. The summed E-state index contributed by atoms with van der Waals surface area (Å²) in [7, 11) is 0. The van der Waals surface area contributed by atoms with Gasteiger partial charge in [0, 0.05) is 19.8 Å². The molecule has 0 amide bonds. The molecule has 3 nitrogen and oxygen atoms in total. The van der Waals surface area contributed by atoms with E-state index in [-0.39, 0.29) is 0 Å². The Morgan fingerprint density at radius 3 is 2.89 bits per heavy atom. The van der Waals surface area contributed by atoms with Crippen LogP contribution >= 0.6 is 23.8 Å². The second-order valence-electron chi connectivity index (χ2n) is 3.91. The van der Waals surface area contributed by atoms with Gasteiger partial charge in [-0.05, 0) is 50.2 Å². The average molecular weight is 287 g/mol. The largest absolute Gasteiger partial charge is 0.382 e. The van der Waals surface area contributed by atoms with E-state index in [1.807, 2.05) is 32.0 Å². The van der Waals surface area contributed by atoms with Gasteiger partial charge in [-0.1, -0.05) is 17.7 Å². The standard InChI is InChI=1S/C13H19ClN2OS/c1-3-17-8-4-7-15-13(18)16-12-6-5-10(2)9-11(12)14/h5-6,9H,3-4,7-8H2,1-2H3,(H2,15,16,18). The lowest BCUT2D eigenvalue weighted by molar-refractivity contribution is 0.146. The minimum absolute atomic E-state index is 0.581. The minimum atomic E-state index is 0.581. The van der Waals surface area contributed by atoms with Crippen molar-refractivity contribution in [3.8, 4) is 0 Å². The zero-order chi connectivity index (χ0) is 13.4. The molecule has 5 heteroatoms. The number of anilines is 1. The van der Waals surface area contributed by atoms with Crippen LogP contribution in [0.1, 0.15) is 18.9 Å². The number of hydrogen-bond acceptors (Lipinski definition) is 2. The van der Waals surface area contributed by atoms with Gasteiger partial charge in [0.1, 0.15) is 0 Å². The van der Waals surface area contributed by atoms with Crippen LogP contribution in [0, 0.1) is 6.92 Å². The smallest absolute Gasteiger partial charge is 0.170 e. The summed E-state index contributed by atoms with van der Waals surface area (Å²) in [6.45, 7) is 6.27. The first-order valence-electron chi connectivity index (χ1n) is 6.02. The zero-order valence-electron chi connectivity index (χ0n) is 10.8. The number of ether oxygens (including phenoxy) is 1. The van der Waals surface area contributed by atoms with E-state index in [2.05, 4.69) is 10.6 Å². The fourth-order valence-corrected chi connectivity index (χ4v) is 1.90. The molecule has 0 saturated carbocycles. The van der Waals surface area contributed by atoms with E-state index in [0.717, 1.165) is 37.4 Å². The molecule has 0 radical (unpaired) electrons. The van der Waals surface area contributed by atoms with E-state index in [1.165, 1.54) is 0 Å². The molecule has 0 spiro atoms. The van der Waals surface area contributed by atoms with Crippen LogP contribution in [0.15, 0.2) is 18.2 Å². The lowest BCUT2D eigenvalue weighted by atomic mass is 10.2. The highest BCUT2D eigenvalue weighted by Gasteiger charge is 2.02. The van der Waals surface area contributed by atoms with Crippen LogP contribution in [0.5, 0.6) is 0 Å². The summed E-state index contributed by atoms with van der Waals surface area (Å²) in [5, 5.41) is 7.44. The summed E-state index contributed by atoms with van der Waals surface area (Å²) >= 11 is 11.3. The van der Waals surface area contributed by atoms with Gasteiger partial charge in [0.2, 0.25) is 0 Å². The van der Waals surface area contributed by atoms with Gasteiger partial charge in [-0.25, -0.2) is 0 Å².